The molecule has 0 aliphatic carbocycles. The third kappa shape index (κ3) is 5.24. The van der Waals surface area contributed by atoms with Crippen molar-refractivity contribution in [2.75, 3.05) is 12.4 Å². The molecule has 2 N–H and O–H groups in total. The van der Waals surface area contributed by atoms with Crippen LogP contribution in [0.1, 0.15) is 32.4 Å². The lowest BCUT2D eigenvalue weighted by molar-refractivity contribution is -0.498. The summed E-state index contributed by atoms with van der Waals surface area (Å²) in [7, 11) is 0. The normalized spacial score (nSPS) is 17.1. The quantitative estimate of drug-likeness (QED) is 0.478. The number of amidine groups is 1. The maximum atomic E-state index is 12.4. The second kappa shape index (κ2) is 10.4. The molecule has 4 nitrogen and oxygen atoms in total. The summed E-state index contributed by atoms with van der Waals surface area (Å²) in [5.74, 6) is 0.589. The molecular formula is C18H23BrN2O2S. The van der Waals surface area contributed by atoms with Gasteiger partial charge in [-0.15, -0.1) is 0 Å². The van der Waals surface area contributed by atoms with Gasteiger partial charge < -0.3 is 21.7 Å². The molecule has 6 heteroatoms. The van der Waals surface area contributed by atoms with Gasteiger partial charge in [-0.1, -0.05) is 42.5 Å². The van der Waals surface area contributed by atoms with E-state index in [4.69, 9.17) is 4.74 Å². The first kappa shape index (κ1) is 20.5. The SMILES string of the molecule is C/C=C/CSC1=[NH+]C(c2ccccc2)C(C(=O)OCC)=C(C)N1.[Br-]. The highest BCUT2D eigenvalue weighted by Crippen LogP contribution is 2.23. The Hall–Kier alpha value is -1.53. The minimum atomic E-state index is -0.281. The molecule has 0 bridgehead atoms. The first-order valence-electron chi connectivity index (χ1n) is 7.74. The number of nitrogens with one attached hydrogen (secondary N) is 2. The van der Waals surface area contributed by atoms with Gasteiger partial charge in [0.2, 0.25) is 0 Å². The molecule has 0 saturated heterocycles. The van der Waals surface area contributed by atoms with Crippen molar-refractivity contribution in [3.8, 4) is 0 Å². The Morgan fingerprint density at radius 2 is 2.08 bits per heavy atom. The Balaban J connectivity index is 0.00000288. The molecule has 24 heavy (non-hydrogen) atoms. The highest BCUT2D eigenvalue weighted by Gasteiger charge is 2.34. The average molecular weight is 411 g/mol. The fraction of sp³-hybridized carbons (Fsp3) is 0.333. The van der Waals surface area contributed by atoms with Crippen LogP contribution in [0.25, 0.3) is 0 Å². The Kier molecular flexibility index (Phi) is 8.85. The number of esters is 1. The van der Waals surface area contributed by atoms with Gasteiger partial charge in [-0.2, -0.15) is 0 Å². The van der Waals surface area contributed by atoms with E-state index in [1.807, 2.05) is 57.2 Å². The van der Waals surface area contributed by atoms with Crippen molar-refractivity contribution in [1.82, 2.24) is 5.32 Å². The van der Waals surface area contributed by atoms with Crippen molar-refractivity contribution in [3.63, 3.8) is 0 Å². The van der Waals surface area contributed by atoms with Crippen LogP contribution in [0.3, 0.4) is 0 Å². The van der Waals surface area contributed by atoms with E-state index < -0.39 is 0 Å². The fourth-order valence-corrected chi connectivity index (χ4v) is 3.26. The monoisotopic (exact) mass is 410 g/mol. The molecule has 130 valence electrons. The minimum Gasteiger partial charge on any atom is -1.00 e. The molecule has 0 aromatic heterocycles. The number of ether oxygens (including phenoxy) is 1. The second-order valence-corrected chi connectivity index (χ2v) is 6.11. The number of rotatable bonds is 5. The predicted molar refractivity (Wildman–Crippen MR) is 94.9 cm³/mol. The van der Waals surface area contributed by atoms with E-state index in [0.717, 1.165) is 22.2 Å². The highest BCUT2D eigenvalue weighted by molar-refractivity contribution is 8.13. The van der Waals surface area contributed by atoms with E-state index in [1.165, 1.54) is 0 Å². The predicted octanol–water partition coefficient (Wildman–Crippen LogP) is -1.08. The van der Waals surface area contributed by atoms with Gasteiger partial charge in [-0.05, 0) is 32.5 Å². The van der Waals surface area contributed by atoms with Crippen molar-refractivity contribution < 1.29 is 31.5 Å². The largest absolute Gasteiger partial charge is 1.00 e. The minimum absolute atomic E-state index is 0. The van der Waals surface area contributed by atoms with E-state index in [9.17, 15) is 4.79 Å². The second-order valence-electron chi connectivity index (χ2n) is 5.08. The Bertz CT molecular complexity index is 642. The summed E-state index contributed by atoms with van der Waals surface area (Å²) in [4.78, 5) is 15.8. The fourth-order valence-electron chi connectivity index (χ4n) is 2.37. The first-order chi connectivity index (χ1) is 11.2. The Morgan fingerprint density at radius 1 is 1.38 bits per heavy atom. The van der Waals surface area contributed by atoms with Crippen LogP contribution in [0, 0.1) is 0 Å². The van der Waals surface area contributed by atoms with Gasteiger partial charge >= 0.3 is 11.1 Å². The van der Waals surface area contributed by atoms with Crippen molar-refractivity contribution in [1.29, 1.82) is 0 Å². The molecule has 1 atom stereocenters. The van der Waals surface area contributed by atoms with Gasteiger partial charge in [-0.3, -0.25) is 4.99 Å². The maximum Gasteiger partial charge on any atom is 0.342 e. The highest BCUT2D eigenvalue weighted by atomic mass is 79.9. The van der Waals surface area contributed by atoms with Crippen molar-refractivity contribution in [2.45, 2.75) is 26.8 Å². The van der Waals surface area contributed by atoms with Crippen LogP contribution in [-0.4, -0.2) is 23.5 Å². The smallest absolute Gasteiger partial charge is 0.342 e. The van der Waals surface area contributed by atoms with Crippen LogP contribution < -0.4 is 27.3 Å². The molecule has 1 unspecified atom stereocenters. The van der Waals surface area contributed by atoms with Gasteiger partial charge in [0, 0.05) is 11.3 Å². The molecule has 2 rings (SSSR count). The van der Waals surface area contributed by atoms with Crippen molar-refractivity contribution in [2.24, 2.45) is 0 Å². The van der Waals surface area contributed by atoms with Crippen molar-refractivity contribution in [3.05, 3.63) is 59.3 Å². The standard InChI is InChI=1S/C18H22N2O2S.BrH/c1-4-6-12-23-18-19-13(3)15(17(21)22-5-2)16(20-18)14-10-8-7-9-11-14;/h4,6-11,16H,5,12H2,1-3H3,(H,19,20);1H/b6-4+;. The summed E-state index contributed by atoms with van der Waals surface area (Å²) in [6.07, 6.45) is 4.12. The van der Waals surface area contributed by atoms with Crippen LogP contribution in [0.15, 0.2) is 53.8 Å². The van der Waals surface area contributed by atoms with Crippen LogP contribution >= 0.6 is 11.8 Å². The Morgan fingerprint density at radius 3 is 2.71 bits per heavy atom. The first-order valence-corrected chi connectivity index (χ1v) is 8.73. The zero-order valence-electron chi connectivity index (χ0n) is 14.1. The van der Waals surface area contributed by atoms with Gasteiger partial charge in [0.1, 0.15) is 11.3 Å². The lowest BCUT2D eigenvalue weighted by atomic mass is 9.97. The van der Waals surface area contributed by atoms with E-state index >= 15 is 0 Å². The number of benzene rings is 1. The summed E-state index contributed by atoms with van der Waals surface area (Å²) in [6, 6.07) is 9.75. The molecule has 0 amide bonds. The van der Waals surface area contributed by atoms with Gasteiger partial charge in [-0.25, -0.2) is 10.1 Å². The lowest BCUT2D eigenvalue weighted by Gasteiger charge is -2.21. The van der Waals surface area contributed by atoms with Crippen LogP contribution in [0.5, 0.6) is 0 Å². The van der Waals surface area contributed by atoms with E-state index in [0.29, 0.717) is 12.2 Å². The maximum absolute atomic E-state index is 12.4. The zero-order chi connectivity index (χ0) is 16.7. The number of hydrogen-bond acceptors (Lipinski definition) is 4. The summed E-state index contributed by atoms with van der Waals surface area (Å²) in [6.45, 7) is 6.10. The molecule has 0 radical (unpaired) electrons. The summed E-state index contributed by atoms with van der Waals surface area (Å²) >= 11 is 1.67. The molecule has 0 spiro atoms. The third-order valence-electron chi connectivity index (χ3n) is 3.46. The third-order valence-corrected chi connectivity index (χ3v) is 4.32. The zero-order valence-corrected chi connectivity index (χ0v) is 16.5. The number of carbonyl (C=O) groups excluding carboxylic acids is 1. The number of carbonyl (C=O) groups is 1. The summed E-state index contributed by atoms with van der Waals surface area (Å²) in [5, 5.41) is 4.22. The molecule has 0 fully saturated rings. The van der Waals surface area contributed by atoms with Gasteiger partial charge in [0.15, 0.2) is 6.04 Å². The number of hydrogen-bond donors (Lipinski definition) is 2. The number of halogens is 1. The topological polar surface area (TPSA) is 52.3 Å². The average Bonchev–Trinajstić information content (AvgIpc) is 2.55. The lowest BCUT2D eigenvalue weighted by Crippen LogP contribution is -3.00. The molecule has 1 aliphatic heterocycles. The van der Waals surface area contributed by atoms with E-state index in [2.05, 4.69) is 16.4 Å². The molecule has 1 aliphatic rings. The molecule has 1 aromatic carbocycles. The molecule has 1 aromatic rings. The van der Waals surface area contributed by atoms with Crippen LogP contribution in [-0.2, 0) is 9.53 Å². The molecular weight excluding hydrogens is 388 g/mol. The molecule has 0 saturated carbocycles. The van der Waals surface area contributed by atoms with Crippen molar-refractivity contribution >= 4 is 22.9 Å². The number of allylic oxidation sites excluding steroid dienone is 2. The summed E-state index contributed by atoms with van der Waals surface area (Å²) < 4.78 is 5.23. The van der Waals surface area contributed by atoms with E-state index in [-0.39, 0.29) is 29.0 Å². The summed E-state index contributed by atoms with van der Waals surface area (Å²) in [5.41, 5.74) is 2.51. The van der Waals surface area contributed by atoms with Crippen LogP contribution in [0.4, 0.5) is 0 Å². The Labute approximate surface area is 158 Å². The van der Waals surface area contributed by atoms with E-state index in [1.54, 1.807) is 11.8 Å². The number of thioether (sulfide) groups is 1. The van der Waals surface area contributed by atoms with Crippen LogP contribution in [0.2, 0.25) is 0 Å². The van der Waals surface area contributed by atoms with Gasteiger partial charge in [0.25, 0.3) is 0 Å². The molecule has 1 heterocycles. The van der Waals surface area contributed by atoms with Gasteiger partial charge in [0.05, 0.1) is 6.61 Å².